The number of aliphatic hydroxyl groups excluding tert-OH is 1. The van der Waals surface area contributed by atoms with Gasteiger partial charge in [0.2, 0.25) is 0 Å². The minimum absolute atomic E-state index is 0.00126. The number of esters is 1. The van der Waals surface area contributed by atoms with Crippen molar-refractivity contribution in [3.63, 3.8) is 0 Å². The lowest BCUT2D eigenvalue weighted by atomic mass is 9.60. The van der Waals surface area contributed by atoms with Crippen molar-refractivity contribution in [2.45, 2.75) is 70.7 Å². The molecule has 4 aliphatic rings. The van der Waals surface area contributed by atoms with Crippen molar-refractivity contribution in [2.75, 3.05) is 6.61 Å². The van der Waals surface area contributed by atoms with Gasteiger partial charge in [-0.3, -0.25) is 9.59 Å². The number of carbonyl (C=O) groups is 2. The molecular weight excluding hydrogens is 372 g/mol. The van der Waals surface area contributed by atoms with Gasteiger partial charge < -0.3 is 20.1 Å². The first-order valence-electron chi connectivity index (χ1n) is 10.6. The highest BCUT2D eigenvalue weighted by Gasteiger charge is 2.83. The highest BCUT2D eigenvalue weighted by atomic mass is 16.6. The number of Topliss-reactive ketones (excluding diaryl/α,β-unsaturated/α-hetero) is 1. The van der Waals surface area contributed by atoms with E-state index in [1.807, 2.05) is 26.8 Å². The third-order valence-corrected chi connectivity index (χ3v) is 8.46. The normalized spacial score (nSPS) is 47.2. The highest BCUT2D eigenvalue weighted by Crippen LogP contribution is 2.76. The van der Waals surface area contributed by atoms with Crippen molar-refractivity contribution in [1.29, 1.82) is 0 Å². The van der Waals surface area contributed by atoms with Gasteiger partial charge in [-0.05, 0) is 30.4 Å². The summed E-state index contributed by atoms with van der Waals surface area (Å²) in [6.07, 6.45) is 4.31. The topological polar surface area (TPSA) is 104 Å². The predicted octanol–water partition coefficient (Wildman–Crippen LogP) is 1.92. The molecule has 7 atom stereocenters. The molecule has 2 saturated carbocycles. The Labute approximate surface area is 171 Å². The van der Waals surface area contributed by atoms with E-state index in [4.69, 9.17) is 4.74 Å². The molecule has 0 heterocycles. The summed E-state index contributed by atoms with van der Waals surface area (Å²) in [5, 5.41) is 33.5. The maximum atomic E-state index is 12.9. The lowest BCUT2D eigenvalue weighted by Gasteiger charge is -2.50. The maximum Gasteiger partial charge on any atom is 0.306 e. The lowest BCUT2D eigenvalue weighted by Crippen LogP contribution is -2.61. The molecule has 6 heteroatoms. The Balaban J connectivity index is 1.87. The van der Waals surface area contributed by atoms with E-state index in [9.17, 15) is 24.9 Å². The van der Waals surface area contributed by atoms with Crippen LogP contribution in [0.2, 0.25) is 0 Å². The number of hydrogen-bond acceptors (Lipinski definition) is 6. The van der Waals surface area contributed by atoms with Crippen LogP contribution in [0.1, 0.15) is 53.9 Å². The van der Waals surface area contributed by atoms with Crippen LogP contribution in [0.4, 0.5) is 0 Å². The molecule has 2 fully saturated rings. The maximum absolute atomic E-state index is 12.9. The van der Waals surface area contributed by atoms with E-state index < -0.39 is 28.6 Å². The van der Waals surface area contributed by atoms with Crippen LogP contribution < -0.4 is 0 Å². The second kappa shape index (κ2) is 6.02. The van der Waals surface area contributed by atoms with Crippen LogP contribution in [-0.2, 0) is 14.3 Å². The van der Waals surface area contributed by atoms with Crippen LogP contribution in [0, 0.1) is 29.1 Å². The van der Waals surface area contributed by atoms with E-state index >= 15 is 0 Å². The van der Waals surface area contributed by atoms with Gasteiger partial charge in [-0.2, -0.15) is 0 Å². The van der Waals surface area contributed by atoms with E-state index in [1.165, 1.54) is 0 Å². The molecule has 0 aromatic rings. The fraction of sp³-hybridized carbons (Fsp3) is 0.739. The molecule has 0 spiro atoms. The summed E-state index contributed by atoms with van der Waals surface area (Å²) in [7, 11) is 0. The fourth-order valence-electron chi connectivity index (χ4n) is 6.87. The van der Waals surface area contributed by atoms with Gasteiger partial charge in [-0.25, -0.2) is 0 Å². The van der Waals surface area contributed by atoms with Crippen molar-refractivity contribution in [2.24, 2.45) is 29.1 Å². The van der Waals surface area contributed by atoms with Gasteiger partial charge in [0.25, 0.3) is 0 Å². The van der Waals surface area contributed by atoms with E-state index in [1.54, 1.807) is 19.9 Å². The highest BCUT2D eigenvalue weighted by molar-refractivity contribution is 6.04. The number of ketones is 1. The Kier molecular flexibility index (Phi) is 4.31. The van der Waals surface area contributed by atoms with Gasteiger partial charge in [0.1, 0.15) is 11.2 Å². The molecule has 1 unspecified atom stereocenters. The minimum atomic E-state index is -1.75. The standard InChI is InChI=1S/C23H32O6/c1-6-17(25)29-22-9-13(3)23(28)15(18(22)20(22,4)5)8-14(11-24)10-21(27)16(23)7-12(2)19(21)26/h7-8,13,15-16,18,24,27-28H,6,9-11H2,1-5H3/t13-,15?,16-,18-,21-,22+,23-/m1/s1. The van der Waals surface area contributed by atoms with Crippen LogP contribution in [-0.4, -0.2) is 50.5 Å². The monoisotopic (exact) mass is 404 g/mol. The van der Waals surface area contributed by atoms with Crippen LogP contribution >= 0.6 is 0 Å². The summed E-state index contributed by atoms with van der Waals surface area (Å²) in [6.45, 7) is 9.13. The molecular formula is C23H32O6. The molecule has 0 amide bonds. The molecule has 0 aliphatic heterocycles. The zero-order valence-corrected chi connectivity index (χ0v) is 17.9. The molecule has 4 aliphatic carbocycles. The molecule has 29 heavy (non-hydrogen) atoms. The summed E-state index contributed by atoms with van der Waals surface area (Å²) in [4.78, 5) is 25.1. The van der Waals surface area contributed by atoms with Gasteiger partial charge >= 0.3 is 5.97 Å². The third kappa shape index (κ3) is 2.34. The average Bonchev–Trinajstić information content (AvgIpc) is 3.06. The van der Waals surface area contributed by atoms with Crippen LogP contribution in [0.3, 0.4) is 0 Å². The Bertz CT molecular complexity index is 840. The number of rotatable bonds is 3. The number of ether oxygens (including phenoxy) is 1. The van der Waals surface area contributed by atoms with Gasteiger partial charge in [-0.15, -0.1) is 0 Å². The summed E-state index contributed by atoms with van der Waals surface area (Å²) < 4.78 is 5.98. The number of fused-ring (bicyclic) bond motifs is 5. The van der Waals surface area contributed by atoms with Gasteiger partial charge in [0.05, 0.1) is 12.2 Å². The fourth-order valence-corrected chi connectivity index (χ4v) is 6.87. The first kappa shape index (κ1) is 20.8. The third-order valence-electron chi connectivity index (χ3n) is 8.46. The zero-order chi connectivity index (χ0) is 21.6. The quantitative estimate of drug-likeness (QED) is 0.490. The molecule has 0 saturated heterocycles. The second-order valence-corrected chi connectivity index (χ2v) is 10.2. The van der Waals surface area contributed by atoms with E-state index in [-0.39, 0.29) is 48.5 Å². The molecule has 3 N–H and O–H groups in total. The number of carbonyl (C=O) groups excluding carboxylic acids is 2. The van der Waals surface area contributed by atoms with E-state index in [0.717, 1.165) is 0 Å². The summed E-state index contributed by atoms with van der Waals surface area (Å²) in [5.41, 5.74) is -3.18. The van der Waals surface area contributed by atoms with Gasteiger partial charge in [-0.1, -0.05) is 39.8 Å². The molecule has 0 aromatic heterocycles. The summed E-state index contributed by atoms with van der Waals surface area (Å²) in [6, 6.07) is 0. The largest absolute Gasteiger partial charge is 0.458 e. The molecule has 0 aromatic carbocycles. The SMILES string of the molecule is CCC(=O)O[C@@]12C[C@@H](C)[C@@]3(O)C(C=C(CO)C[C@]4(O)C(=O)C(C)=C[C@@H]34)[C@@H]1C2(C)C. The first-order valence-corrected chi connectivity index (χ1v) is 10.6. The van der Waals surface area contributed by atoms with Crippen molar-refractivity contribution in [1.82, 2.24) is 0 Å². The van der Waals surface area contributed by atoms with Gasteiger partial charge in [0, 0.05) is 36.0 Å². The lowest BCUT2D eigenvalue weighted by molar-refractivity contribution is -0.187. The second-order valence-electron chi connectivity index (χ2n) is 10.2. The average molecular weight is 405 g/mol. The van der Waals surface area contributed by atoms with Crippen molar-refractivity contribution < 1.29 is 29.6 Å². The smallest absolute Gasteiger partial charge is 0.306 e. The Morgan fingerprint density at radius 2 is 1.93 bits per heavy atom. The Hall–Kier alpha value is -1.50. The van der Waals surface area contributed by atoms with Crippen LogP contribution in [0.5, 0.6) is 0 Å². The van der Waals surface area contributed by atoms with E-state index in [2.05, 4.69) is 0 Å². The van der Waals surface area contributed by atoms with Crippen molar-refractivity contribution in [3.05, 3.63) is 23.3 Å². The molecule has 160 valence electrons. The van der Waals surface area contributed by atoms with Crippen LogP contribution in [0.15, 0.2) is 23.3 Å². The molecule has 0 radical (unpaired) electrons. The molecule has 4 rings (SSSR count). The first-order chi connectivity index (χ1) is 13.4. The van der Waals surface area contributed by atoms with Crippen molar-refractivity contribution >= 4 is 11.8 Å². The minimum Gasteiger partial charge on any atom is -0.458 e. The zero-order valence-electron chi connectivity index (χ0n) is 17.9. The van der Waals surface area contributed by atoms with Crippen LogP contribution in [0.25, 0.3) is 0 Å². The Morgan fingerprint density at radius 1 is 1.28 bits per heavy atom. The number of hydrogen-bond donors (Lipinski definition) is 3. The number of aliphatic hydroxyl groups is 3. The van der Waals surface area contributed by atoms with Gasteiger partial charge in [0.15, 0.2) is 5.78 Å². The molecule has 0 bridgehead atoms. The summed E-state index contributed by atoms with van der Waals surface area (Å²) >= 11 is 0. The van der Waals surface area contributed by atoms with E-state index in [0.29, 0.717) is 17.6 Å². The molecule has 6 nitrogen and oxygen atoms in total. The summed E-state index contributed by atoms with van der Waals surface area (Å²) in [5.74, 6) is -2.33. The Morgan fingerprint density at radius 3 is 2.52 bits per heavy atom. The van der Waals surface area contributed by atoms with Crippen molar-refractivity contribution in [3.8, 4) is 0 Å². The predicted molar refractivity (Wildman–Crippen MR) is 106 cm³/mol.